The first-order valence-corrected chi connectivity index (χ1v) is 12.6. The first kappa shape index (κ1) is 26.4. The normalized spacial score (nSPS) is 12.1. The summed E-state index contributed by atoms with van der Waals surface area (Å²) in [5.74, 6) is -0.967. The monoisotopic (exact) mass is 512 g/mol. The second-order valence-corrected chi connectivity index (χ2v) is 9.58. The van der Waals surface area contributed by atoms with Gasteiger partial charge in [-0.2, -0.15) is 5.10 Å². The maximum atomic E-state index is 12.9. The fraction of sp³-hybridized carbons (Fsp3) is 0.160. The molecule has 3 aromatic carbocycles. The molecule has 0 unspecified atom stereocenters. The zero-order chi connectivity index (χ0) is 26.1. The number of ether oxygens (including phenoxy) is 1. The third-order valence-corrected chi connectivity index (χ3v) is 6.11. The summed E-state index contributed by atoms with van der Waals surface area (Å²) in [6.07, 6.45) is 2.42. The SMILES string of the molecule is C[C@H](C(=O)NN=Cc1ccc(OCC(=O)Nc2ccc(F)cc2)cc1)N(c1ccccc1)S(C)(=O)=O. The predicted molar refractivity (Wildman–Crippen MR) is 136 cm³/mol. The van der Waals surface area contributed by atoms with Gasteiger partial charge in [-0.3, -0.25) is 13.9 Å². The lowest BCUT2D eigenvalue weighted by molar-refractivity contribution is -0.121. The quantitative estimate of drug-likeness (QED) is 0.320. The van der Waals surface area contributed by atoms with Crippen LogP contribution >= 0.6 is 0 Å². The van der Waals surface area contributed by atoms with Crippen LogP contribution in [0.15, 0.2) is 84.0 Å². The van der Waals surface area contributed by atoms with Gasteiger partial charge in [-0.1, -0.05) is 18.2 Å². The average Bonchev–Trinajstić information content (AvgIpc) is 2.85. The number of carbonyl (C=O) groups is 2. The highest BCUT2D eigenvalue weighted by molar-refractivity contribution is 7.92. The summed E-state index contributed by atoms with van der Waals surface area (Å²) in [5.41, 5.74) is 3.81. The lowest BCUT2D eigenvalue weighted by Crippen LogP contribution is -2.46. The minimum absolute atomic E-state index is 0.239. The smallest absolute Gasteiger partial charge is 0.263 e. The molecule has 3 aromatic rings. The van der Waals surface area contributed by atoms with Crippen molar-refractivity contribution in [2.24, 2.45) is 5.10 Å². The Balaban J connectivity index is 1.51. The summed E-state index contributed by atoms with van der Waals surface area (Å²) in [6.45, 7) is 1.23. The van der Waals surface area contributed by atoms with Crippen LogP contribution in [0.3, 0.4) is 0 Å². The number of hydrogen-bond donors (Lipinski definition) is 2. The maximum Gasteiger partial charge on any atom is 0.263 e. The van der Waals surface area contributed by atoms with Crippen LogP contribution in [0, 0.1) is 5.82 Å². The van der Waals surface area contributed by atoms with Gasteiger partial charge < -0.3 is 10.1 Å². The summed E-state index contributed by atoms with van der Waals surface area (Å²) in [4.78, 5) is 24.5. The van der Waals surface area contributed by atoms with Crippen LogP contribution in [0.25, 0.3) is 0 Å². The molecule has 0 aromatic heterocycles. The molecule has 36 heavy (non-hydrogen) atoms. The lowest BCUT2D eigenvalue weighted by Gasteiger charge is -2.27. The van der Waals surface area contributed by atoms with E-state index in [1.165, 1.54) is 37.4 Å². The maximum absolute atomic E-state index is 12.9. The molecule has 0 saturated carbocycles. The van der Waals surface area contributed by atoms with Gasteiger partial charge in [0.15, 0.2) is 6.61 Å². The summed E-state index contributed by atoms with van der Waals surface area (Å²) in [6, 6.07) is 19.2. The minimum atomic E-state index is -3.71. The molecule has 2 N–H and O–H groups in total. The van der Waals surface area contributed by atoms with Crippen LogP contribution < -0.4 is 19.8 Å². The third kappa shape index (κ3) is 7.64. The van der Waals surface area contributed by atoms with Gasteiger partial charge in [-0.05, 0) is 73.2 Å². The van der Waals surface area contributed by atoms with Crippen molar-refractivity contribution in [1.29, 1.82) is 0 Å². The third-order valence-electron chi connectivity index (χ3n) is 4.87. The number of carbonyl (C=O) groups excluding carboxylic acids is 2. The molecule has 0 saturated heterocycles. The Hall–Kier alpha value is -4.25. The van der Waals surface area contributed by atoms with Gasteiger partial charge in [-0.15, -0.1) is 0 Å². The van der Waals surface area contributed by atoms with Gasteiger partial charge in [0.25, 0.3) is 11.8 Å². The molecule has 1 atom stereocenters. The number of hydrazone groups is 1. The number of nitrogens with zero attached hydrogens (tertiary/aromatic N) is 2. The van der Waals surface area contributed by atoms with Gasteiger partial charge in [0, 0.05) is 5.69 Å². The average molecular weight is 513 g/mol. The Labute approximate surface area is 208 Å². The van der Waals surface area contributed by atoms with Gasteiger partial charge in [0.2, 0.25) is 10.0 Å². The van der Waals surface area contributed by atoms with Gasteiger partial charge in [-0.25, -0.2) is 18.2 Å². The summed E-state index contributed by atoms with van der Waals surface area (Å²) < 4.78 is 43.9. The van der Waals surface area contributed by atoms with E-state index in [2.05, 4.69) is 15.8 Å². The molecule has 0 radical (unpaired) electrons. The van der Waals surface area contributed by atoms with Crippen molar-refractivity contribution < 1.29 is 27.1 Å². The fourth-order valence-corrected chi connectivity index (χ4v) is 4.35. The van der Waals surface area contributed by atoms with E-state index in [-0.39, 0.29) is 6.61 Å². The number of nitrogens with one attached hydrogen (secondary N) is 2. The molecule has 0 spiro atoms. The number of para-hydroxylation sites is 1. The zero-order valence-electron chi connectivity index (χ0n) is 19.6. The number of halogens is 1. The molecule has 0 fully saturated rings. The Morgan fingerprint density at radius 2 is 1.67 bits per heavy atom. The molecule has 188 valence electrons. The Kier molecular flexibility index (Phi) is 8.74. The van der Waals surface area contributed by atoms with E-state index < -0.39 is 33.7 Å². The molecule has 11 heteroatoms. The van der Waals surface area contributed by atoms with E-state index in [1.807, 2.05) is 0 Å². The molecular formula is C25H25FN4O5S. The first-order valence-electron chi connectivity index (χ1n) is 10.8. The minimum Gasteiger partial charge on any atom is -0.484 e. The molecule has 2 amide bonds. The van der Waals surface area contributed by atoms with Crippen molar-refractivity contribution in [1.82, 2.24) is 5.43 Å². The van der Waals surface area contributed by atoms with E-state index in [1.54, 1.807) is 54.6 Å². The van der Waals surface area contributed by atoms with Crippen molar-refractivity contribution >= 4 is 39.4 Å². The molecule has 0 aliphatic rings. The molecule has 0 aliphatic heterocycles. The van der Waals surface area contributed by atoms with Gasteiger partial charge in [0.1, 0.15) is 17.6 Å². The van der Waals surface area contributed by atoms with Crippen LogP contribution in [0.2, 0.25) is 0 Å². The van der Waals surface area contributed by atoms with Crippen molar-refractivity contribution in [3.8, 4) is 5.75 Å². The number of amides is 2. The standard InChI is InChI=1S/C25H25FN4O5S/c1-18(30(36(2,33)34)22-6-4-3-5-7-22)25(32)29-27-16-19-8-14-23(15-9-19)35-17-24(31)28-21-12-10-20(26)11-13-21/h3-16,18H,17H2,1-2H3,(H,28,31)(H,29,32)/t18-/m1/s1. The predicted octanol–water partition coefficient (Wildman–Crippen LogP) is 3.15. The molecule has 0 aliphatic carbocycles. The van der Waals surface area contributed by atoms with Crippen LogP contribution in [-0.4, -0.2) is 45.4 Å². The van der Waals surface area contributed by atoms with Crippen molar-refractivity contribution in [3.05, 3.63) is 90.2 Å². The van der Waals surface area contributed by atoms with E-state index >= 15 is 0 Å². The first-order chi connectivity index (χ1) is 17.1. The highest BCUT2D eigenvalue weighted by Crippen LogP contribution is 2.20. The van der Waals surface area contributed by atoms with Crippen LogP contribution in [0.4, 0.5) is 15.8 Å². The van der Waals surface area contributed by atoms with E-state index in [9.17, 15) is 22.4 Å². The van der Waals surface area contributed by atoms with Crippen LogP contribution in [-0.2, 0) is 19.6 Å². The zero-order valence-corrected chi connectivity index (χ0v) is 20.4. The molecule has 0 bridgehead atoms. The molecule has 3 rings (SSSR count). The highest BCUT2D eigenvalue weighted by atomic mass is 32.2. The lowest BCUT2D eigenvalue weighted by atomic mass is 10.2. The van der Waals surface area contributed by atoms with Crippen LogP contribution in [0.1, 0.15) is 12.5 Å². The molecular weight excluding hydrogens is 487 g/mol. The second-order valence-electron chi connectivity index (χ2n) is 7.72. The second kappa shape index (κ2) is 11.9. The highest BCUT2D eigenvalue weighted by Gasteiger charge is 2.28. The topological polar surface area (TPSA) is 117 Å². The number of benzene rings is 3. The molecule has 0 heterocycles. The molecule has 9 nitrogen and oxygen atoms in total. The van der Waals surface area contributed by atoms with E-state index in [0.29, 0.717) is 22.7 Å². The van der Waals surface area contributed by atoms with E-state index in [0.717, 1.165) is 10.6 Å². The number of rotatable bonds is 10. The van der Waals surface area contributed by atoms with Crippen LogP contribution in [0.5, 0.6) is 5.75 Å². The Bertz CT molecular complexity index is 1310. The Morgan fingerprint density at radius 1 is 1.03 bits per heavy atom. The van der Waals surface area contributed by atoms with Gasteiger partial charge in [0.05, 0.1) is 18.2 Å². The summed E-state index contributed by atoms with van der Waals surface area (Å²) in [7, 11) is -3.71. The number of hydrogen-bond acceptors (Lipinski definition) is 6. The van der Waals surface area contributed by atoms with Crippen molar-refractivity contribution in [2.45, 2.75) is 13.0 Å². The van der Waals surface area contributed by atoms with Crippen molar-refractivity contribution in [3.63, 3.8) is 0 Å². The largest absolute Gasteiger partial charge is 0.484 e. The van der Waals surface area contributed by atoms with Gasteiger partial charge >= 0.3 is 0 Å². The fourth-order valence-electron chi connectivity index (χ4n) is 3.18. The van der Waals surface area contributed by atoms with Crippen molar-refractivity contribution in [2.75, 3.05) is 22.5 Å². The summed E-state index contributed by atoms with van der Waals surface area (Å²) >= 11 is 0. The number of sulfonamides is 1. The number of anilines is 2. The Morgan fingerprint density at radius 3 is 2.28 bits per heavy atom. The van der Waals surface area contributed by atoms with E-state index in [4.69, 9.17) is 4.74 Å². The summed E-state index contributed by atoms with van der Waals surface area (Å²) in [5, 5.41) is 6.49.